The van der Waals surface area contributed by atoms with Gasteiger partial charge in [0, 0.05) is 37.7 Å². The molecule has 2 aliphatic heterocycles. The van der Waals surface area contributed by atoms with Crippen LogP contribution in [0.1, 0.15) is 25.5 Å². The average molecular weight is 382 g/mol. The van der Waals surface area contributed by atoms with Gasteiger partial charge in [-0.1, -0.05) is 0 Å². The Kier molecular flexibility index (Phi) is 4.49. The molecule has 5 rings (SSSR count). The highest BCUT2D eigenvalue weighted by Crippen LogP contribution is 2.31. The molecule has 0 aliphatic carbocycles. The van der Waals surface area contributed by atoms with E-state index in [1.807, 2.05) is 4.68 Å². The van der Waals surface area contributed by atoms with Crippen LogP contribution in [0.15, 0.2) is 18.6 Å². The maximum Gasteiger partial charge on any atom is 0.228 e. The molecule has 5 heterocycles. The number of nitrogen functional groups attached to an aromatic ring is 1. The molecule has 0 saturated carbocycles. The van der Waals surface area contributed by atoms with E-state index in [-0.39, 0.29) is 12.2 Å². The van der Waals surface area contributed by atoms with Crippen molar-refractivity contribution in [1.82, 2.24) is 29.7 Å². The van der Waals surface area contributed by atoms with Gasteiger partial charge in [0.1, 0.15) is 0 Å². The number of fused-ring (bicyclic) bond motifs is 1. The first-order valence-electron chi connectivity index (χ1n) is 9.57. The van der Waals surface area contributed by atoms with E-state index < -0.39 is 0 Å². The van der Waals surface area contributed by atoms with Gasteiger partial charge in [0.2, 0.25) is 11.9 Å². The van der Waals surface area contributed by atoms with E-state index in [1.54, 1.807) is 18.6 Å². The Morgan fingerprint density at radius 2 is 1.82 bits per heavy atom. The highest BCUT2D eigenvalue weighted by atomic mass is 16.5. The lowest BCUT2D eigenvalue weighted by Crippen LogP contribution is -2.37. The van der Waals surface area contributed by atoms with Crippen molar-refractivity contribution < 1.29 is 9.47 Å². The van der Waals surface area contributed by atoms with Gasteiger partial charge in [0.15, 0.2) is 11.9 Å². The lowest BCUT2D eigenvalue weighted by atomic mass is 10.1. The summed E-state index contributed by atoms with van der Waals surface area (Å²) in [5, 5.41) is 5.44. The van der Waals surface area contributed by atoms with Crippen LogP contribution in [-0.4, -0.2) is 62.6 Å². The number of nitrogens with zero attached hydrogens (tertiary/aromatic N) is 7. The quantitative estimate of drug-likeness (QED) is 0.717. The molecule has 1 unspecified atom stereocenters. The van der Waals surface area contributed by atoms with E-state index in [0.717, 1.165) is 61.2 Å². The van der Waals surface area contributed by atoms with Crippen LogP contribution in [0.3, 0.4) is 0 Å². The minimum atomic E-state index is -0.103. The Morgan fingerprint density at radius 3 is 2.57 bits per heavy atom. The normalized spacial score (nSPS) is 20.6. The number of nitrogens with two attached hydrogens (primary N) is 1. The van der Waals surface area contributed by atoms with Crippen molar-refractivity contribution in [3.05, 3.63) is 18.6 Å². The van der Waals surface area contributed by atoms with Crippen molar-refractivity contribution in [2.45, 2.75) is 25.5 Å². The standard InChI is InChI=1S/C18H22N8O2/c19-17-20-9-12(10-21-17)15-13-11-22-26(14-3-1-2-6-28-14)16(13)24-18(23-15)25-4-7-27-8-5-25/h9-11,14H,1-8H2,(H2,19,20,21). The van der Waals surface area contributed by atoms with E-state index in [0.29, 0.717) is 19.2 Å². The van der Waals surface area contributed by atoms with Crippen LogP contribution in [0, 0.1) is 0 Å². The number of rotatable bonds is 3. The number of anilines is 2. The summed E-state index contributed by atoms with van der Waals surface area (Å²) in [6.07, 6.45) is 8.18. The van der Waals surface area contributed by atoms with E-state index in [4.69, 9.17) is 25.2 Å². The molecule has 2 saturated heterocycles. The van der Waals surface area contributed by atoms with Crippen molar-refractivity contribution in [2.24, 2.45) is 0 Å². The fourth-order valence-electron chi connectivity index (χ4n) is 3.63. The predicted molar refractivity (Wildman–Crippen MR) is 103 cm³/mol. The van der Waals surface area contributed by atoms with Crippen LogP contribution in [0.2, 0.25) is 0 Å². The van der Waals surface area contributed by atoms with Crippen LogP contribution in [0.5, 0.6) is 0 Å². The third kappa shape index (κ3) is 3.14. The van der Waals surface area contributed by atoms with Crippen LogP contribution < -0.4 is 10.6 Å². The highest BCUT2D eigenvalue weighted by Gasteiger charge is 2.24. The maximum atomic E-state index is 5.94. The highest BCUT2D eigenvalue weighted by molar-refractivity contribution is 5.91. The van der Waals surface area contributed by atoms with Crippen molar-refractivity contribution in [2.75, 3.05) is 43.5 Å². The molecule has 3 aromatic rings. The summed E-state index contributed by atoms with van der Waals surface area (Å²) in [7, 11) is 0. The fraction of sp³-hybridized carbons (Fsp3) is 0.500. The molecular formula is C18H22N8O2. The zero-order chi connectivity index (χ0) is 18.9. The smallest absolute Gasteiger partial charge is 0.228 e. The SMILES string of the molecule is Nc1ncc(-c2nc(N3CCOCC3)nc3c2cnn3C2CCCCO2)cn1. The second kappa shape index (κ2) is 7.28. The van der Waals surface area contributed by atoms with Crippen molar-refractivity contribution in [3.63, 3.8) is 0 Å². The van der Waals surface area contributed by atoms with Crippen molar-refractivity contribution in [1.29, 1.82) is 0 Å². The van der Waals surface area contributed by atoms with Gasteiger partial charge in [-0.15, -0.1) is 0 Å². The van der Waals surface area contributed by atoms with Gasteiger partial charge in [-0.2, -0.15) is 10.1 Å². The molecule has 10 heteroatoms. The molecule has 0 radical (unpaired) electrons. The number of hydrogen-bond donors (Lipinski definition) is 1. The summed E-state index contributed by atoms with van der Waals surface area (Å²) in [6.45, 7) is 3.56. The molecule has 3 aromatic heterocycles. The van der Waals surface area contributed by atoms with Gasteiger partial charge in [-0.25, -0.2) is 19.6 Å². The van der Waals surface area contributed by atoms with E-state index in [2.05, 4.69) is 20.0 Å². The van der Waals surface area contributed by atoms with E-state index in [1.165, 1.54) is 0 Å². The second-order valence-electron chi connectivity index (χ2n) is 6.95. The van der Waals surface area contributed by atoms with Gasteiger partial charge in [-0.3, -0.25) is 0 Å². The van der Waals surface area contributed by atoms with Crippen LogP contribution in [0.25, 0.3) is 22.3 Å². The molecule has 146 valence electrons. The Hall–Kier alpha value is -2.85. The van der Waals surface area contributed by atoms with Crippen LogP contribution >= 0.6 is 0 Å². The number of morpholine rings is 1. The van der Waals surface area contributed by atoms with Gasteiger partial charge in [0.25, 0.3) is 0 Å². The Morgan fingerprint density at radius 1 is 1.00 bits per heavy atom. The number of aromatic nitrogens is 6. The summed E-state index contributed by atoms with van der Waals surface area (Å²) >= 11 is 0. The number of ether oxygens (including phenoxy) is 2. The van der Waals surface area contributed by atoms with Gasteiger partial charge >= 0.3 is 0 Å². The summed E-state index contributed by atoms with van der Waals surface area (Å²) in [4.78, 5) is 20.1. The summed E-state index contributed by atoms with van der Waals surface area (Å²) in [6, 6.07) is 0. The minimum Gasteiger partial charge on any atom is -0.378 e. The summed E-state index contributed by atoms with van der Waals surface area (Å²) in [5.74, 6) is 0.883. The van der Waals surface area contributed by atoms with Crippen LogP contribution in [0.4, 0.5) is 11.9 Å². The molecule has 28 heavy (non-hydrogen) atoms. The maximum absolute atomic E-state index is 5.94. The minimum absolute atomic E-state index is 0.103. The third-order valence-electron chi connectivity index (χ3n) is 5.11. The lowest BCUT2D eigenvalue weighted by Gasteiger charge is -2.27. The van der Waals surface area contributed by atoms with Gasteiger partial charge < -0.3 is 20.1 Å². The number of hydrogen-bond acceptors (Lipinski definition) is 9. The van der Waals surface area contributed by atoms with Gasteiger partial charge in [-0.05, 0) is 19.3 Å². The average Bonchev–Trinajstić information content (AvgIpc) is 3.19. The molecule has 0 amide bonds. The zero-order valence-corrected chi connectivity index (χ0v) is 15.5. The molecule has 0 bridgehead atoms. The second-order valence-corrected chi connectivity index (χ2v) is 6.95. The Bertz CT molecular complexity index is 962. The third-order valence-corrected chi connectivity index (χ3v) is 5.11. The fourth-order valence-corrected chi connectivity index (χ4v) is 3.63. The largest absolute Gasteiger partial charge is 0.378 e. The first kappa shape index (κ1) is 17.3. The predicted octanol–water partition coefficient (Wildman–Crippen LogP) is 1.40. The van der Waals surface area contributed by atoms with Crippen LogP contribution in [-0.2, 0) is 9.47 Å². The van der Waals surface area contributed by atoms with E-state index in [9.17, 15) is 0 Å². The molecule has 0 aromatic carbocycles. The monoisotopic (exact) mass is 382 g/mol. The molecule has 2 aliphatic rings. The lowest BCUT2D eigenvalue weighted by molar-refractivity contribution is -0.0370. The van der Waals surface area contributed by atoms with E-state index >= 15 is 0 Å². The molecular weight excluding hydrogens is 360 g/mol. The van der Waals surface area contributed by atoms with Crippen molar-refractivity contribution in [3.8, 4) is 11.3 Å². The summed E-state index contributed by atoms with van der Waals surface area (Å²) in [5.41, 5.74) is 7.94. The van der Waals surface area contributed by atoms with Gasteiger partial charge in [0.05, 0.1) is 30.5 Å². The first-order chi connectivity index (χ1) is 13.8. The molecule has 2 N–H and O–H groups in total. The Labute approximate surface area is 161 Å². The molecule has 10 nitrogen and oxygen atoms in total. The molecule has 2 fully saturated rings. The summed E-state index contributed by atoms with van der Waals surface area (Å²) < 4.78 is 13.3. The molecule has 0 spiro atoms. The Balaban J connectivity index is 1.65. The first-order valence-corrected chi connectivity index (χ1v) is 9.57. The van der Waals surface area contributed by atoms with Crippen molar-refractivity contribution >= 4 is 22.9 Å². The topological polar surface area (TPSA) is 117 Å². The zero-order valence-electron chi connectivity index (χ0n) is 15.5. The molecule has 1 atom stereocenters.